The van der Waals surface area contributed by atoms with Crippen LogP contribution in [0.25, 0.3) is 65.9 Å². The van der Waals surface area contributed by atoms with Crippen molar-refractivity contribution >= 4 is 77.4 Å². The molecule has 10 aromatic rings. The lowest BCUT2D eigenvalue weighted by Gasteiger charge is -2.34. The molecule has 67 heavy (non-hydrogen) atoms. The molecule has 4 heterocycles. The van der Waals surface area contributed by atoms with Crippen LogP contribution in [0.5, 0.6) is 0 Å². The Bertz CT molecular complexity index is 3510. The summed E-state index contributed by atoms with van der Waals surface area (Å²) in [6, 6.07) is 56.6. The zero-order chi connectivity index (χ0) is 45.5. The van der Waals surface area contributed by atoms with E-state index < -0.39 is 0 Å². The van der Waals surface area contributed by atoms with E-state index in [0.717, 1.165) is 25.9 Å². The van der Waals surface area contributed by atoms with E-state index in [4.69, 9.17) is 0 Å². The van der Waals surface area contributed by atoms with Gasteiger partial charge in [-0.25, -0.2) is 0 Å². The molecule has 4 heteroatoms. The van der Waals surface area contributed by atoms with Gasteiger partial charge in [-0.05, 0) is 130 Å². The fourth-order valence-corrected chi connectivity index (χ4v) is 13.8. The number of hydrogen-bond acceptors (Lipinski definition) is 2. The molecule has 0 amide bonds. The summed E-state index contributed by atoms with van der Waals surface area (Å²) in [5.74, 6) is 0. The van der Waals surface area contributed by atoms with E-state index in [1.54, 1.807) is 5.56 Å². The first kappa shape index (κ1) is 43.6. The van der Waals surface area contributed by atoms with Gasteiger partial charge in [0, 0.05) is 83.0 Å². The van der Waals surface area contributed by atoms with Gasteiger partial charge in [-0.2, -0.15) is 0 Å². The van der Waals surface area contributed by atoms with Crippen molar-refractivity contribution in [1.29, 1.82) is 0 Å². The lowest BCUT2D eigenvalue weighted by atomic mass is 9.69. The van der Waals surface area contributed by atoms with Crippen LogP contribution >= 0.6 is 22.7 Å². The van der Waals surface area contributed by atoms with Crippen molar-refractivity contribution in [3.05, 3.63) is 199 Å². The number of thiophene rings is 2. The topological polar surface area (TPSA) is 9.86 Å². The Morgan fingerprint density at radius 1 is 0.448 bits per heavy atom. The van der Waals surface area contributed by atoms with Crippen molar-refractivity contribution in [1.82, 2.24) is 9.13 Å². The van der Waals surface area contributed by atoms with E-state index in [2.05, 4.69) is 193 Å². The van der Waals surface area contributed by atoms with Crippen LogP contribution in [0.15, 0.2) is 156 Å². The standard InChI is InChI=1S/C63H62N2S2/c1-5-9-11-19-37-63(38-20-12-10-6-2)52-26-16-13-25-47(52)61-48(59(57-29-21-39-66-57)43-31-35-55-50(41-43)45-23-14-17-27-53(45)64(55)7-3)33-34-49(62(61)63)60(58-30-22-40-67-58)44-32-36-56-51(42-44)46-24-15-18-28-54(46)65(56)8-4/h13-18,21-36,39-42H,5-12,19-20,37-38H2,1-4H3. The predicted octanol–water partition coefficient (Wildman–Crippen LogP) is 16.8. The van der Waals surface area contributed by atoms with Gasteiger partial charge in [-0.15, -0.1) is 22.7 Å². The van der Waals surface area contributed by atoms with Gasteiger partial charge in [0.05, 0.1) is 0 Å². The van der Waals surface area contributed by atoms with Crippen molar-refractivity contribution in [2.45, 2.75) is 110 Å². The number of aryl methyl sites for hydroxylation is 2. The molecule has 0 N–H and O–H groups in total. The summed E-state index contributed by atoms with van der Waals surface area (Å²) in [6.45, 7) is 11.1. The lowest BCUT2D eigenvalue weighted by molar-refractivity contribution is 0.399. The quantitative estimate of drug-likeness (QED) is 0.0855. The molecule has 2 nitrogen and oxygen atoms in total. The summed E-state index contributed by atoms with van der Waals surface area (Å²) in [5, 5.41) is 12.6. The molecule has 6 aromatic carbocycles. The maximum absolute atomic E-state index is 2.57. The highest BCUT2D eigenvalue weighted by atomic mass is 32.1. The Labute approximate surface area is 404 Å². The highest BCUT2D eigenvalue weighted by molar-refractivity contribution is 7.11. The molecule has 0 saturated heterocycles. The van der Waals surface area contributed by atoms with Gasteiger partial charge in [0.15, 0.2) is 0 Å². The van der Waals surface area contributed by atoms with Crippen LogP contribution in [0.3, 0.4) is 0 Å². The molecule has 1 aliphatic carbocycles. The molecule has 4 aromatic heterocycles. The van der Waals surface area contributed by atoms with Gasteiger partial charge < -0.3 is 9.13 Å². The molecular formula is C63H62N2S2. The number of hydrogen-bond donors (Lipinski definition) is 0. The molecule has 11 rings (SSSR count). The Morgan fingerprint density at radius 2 is 0.940 bits per heavy atom. The molecule has 0 atom stereocenters. The largest absolute Gasteiger partial charge is 0.341 e. The Hall–Kier alpha value is -5.94. The molecular weight excluding hydrogens is 849 g/mol. The number of para-hydroxylation sites is 2. The molecule has 0 fully saturated rings. The molecule has 0 saturated carbocycles. The van der Waals surface area contributed by atoms with Crippen LogP contribution in [-0.2, 0) is 18.5 Å². The van der Waals surface area contributed by atoms with E-state index in [1.165, 1.54) is 154 Å². The van der Waals surface area contributed by atoms with E-state index in [1.807, 2.05) is 22.7 Å². The third-order valence-electron chi connectivity index (χ3n) is 15.1. The average molecular weight is 911 g/mol. The third-order valence-corrected chi connectivity index (χ3v) is 16.9. The summed E-state index contributed by atoms with van der Waals surface area (Å²) in [6.07, 6.45) is 12.3. The number of rotatable bonds is 16. The molecule has 0 unspecified atom stereocenters. The molecule has 0 aliphatic heterocycles. The lowest BCUT2D eigenvalue weighted by Crippen LogP contribution is -2.34. The smallest absolute Gasteiger partial charge is 0.0491 e. The second-order valence-corrected chi connectivity index (χ2v) is 20.7. The van der Waals surface area contributed by atoms with Crippen molar-refractivity contribution < 1.29 is 0 Å². The van der Waals surface area contributed by atoms with Crippen molar-refractivity contribution in [2.75, 3.05) is 0 Å². The number of unbranched alkanes of at least 4 members (excludes halogenated alkanes) is 6. The minimum Gasteiger partial charge on any atom is -0.341 e. The monoisotopic (exact) mass is 910 g/mol. The number of fused-ring (bicyclic) bond motifs is 9. The van der Waals surface area contributed by atoms with Crippen LogP contribution in [0.1, 0.15) is 124 Å². The summed E-state index contributed by atoms with van der Waals surface area (Å²) in [5.41, 5.74) is 16.3. The summed E-state index contributed by atoms with van der Waals surface area (Å²) < 4.78 is 4.96. The highest BCUT2D eigenvalue weighted by Gasteiger charge is 2.44. The highest BCUT2D eigenvalue weighted by Crippen LogP contribution is 2.53. The van der Waals surface area contributed by atoms with E-state index >= 15 is 0 Å². The van der Waals surface area contributed by atoms with Crippen LogP contribution in [0.4, 0.5) is 0 Å². The third kappa shape index (κ3) is 7.34. The van der Waals surface area contributed by atoms with Gasteiger partial charge >= 0.3 is 0 Å². The van der Waals surface area contributed by atoms with Crippen molar-refractivity contribution in [3.8, 4) is 11.1 Å². The average Bonchev–Trinajstić information content (AvgIpc) is 4.23. The predicted molar refractivity (Wildman–Crippen MR) is 292 cm³/mol. The first-order valence-corrected chi connectivity index (χ1v) is 27.0. The second kappa shape index (κ2) is 18.6. The van der Waals surface area contributed by atoms with Crippen LogP contribution < -0.4 is 10.4 Å². The fourth-order valence-electron chi connectivity index (χ4n) is 12.2. The molecule has 1 aliphatic rings. The summed E-state index contributed by atoms with van der Waals surface area (Å²) >= 11 is 3.75. The van der Waals surface area contributed by atoms with Gasteiger partial charge in [0.1, 0.15) is 0 Å². The van der Waals surface area contributed by atoms with Gasteiger partial charge in [0.2, 0.25) is 0 Å². The van der Waals surface area contributed by atoms with Crippen LogP contribution in [-0.4, -0.2) is 9.13 Å². The molecule has 0 bridgehead atoms. The normalized spacial score (nSPS) is 14.1. The van der Waals surface area contributed by atoms with E-state index in [-0.39, 0.29) is 5.41 Å². The van der Waals surface area contributed by atoms with E-state index in [0.29, 0.717) is 0 Å². The minimum absolute atomic E-state index is 0.136. The second-order valence-electron chi connectivity index (χ2n) is 18.9. The molecule has 0 radical (unpaired) electrons. The van der Waals surface area contributed by atoms with Gasteiger partial charge in [-0.1, -0.05) is 162 Å². The first-order chi connectivity index (χ1) is 33.1. The number of benzene rings is 6. The van der Waals surface area contributed by atoms with Crippen LogP contribution in [0.2, 0.25) is 0 Å². The molecule has 336 valence electrons. The summed E-state index contributed by atoms with van der Waals surface area (Å²) in [7, 11) is 0. The fraction of sp³-hybridized carbons (Fsp3) is 0.270. The number of nitrogens with zero attached hydrogens (tertiary/aromatic N) is 2. The van der Waals surface area contributed by atoms with Crippen molar-refractivity contribution in [2.24, 2.45) is 0 Å². The van der Waals surface area contributed by atoms with Gasteiger partial charge in [-0.3, -0.25) is 0 Å². The molecule has 0 spiro atoms. The number of aromatic nitrogens is 2. The first-order valence-electron chi connectivity index (χ1n) is 25.2. The zero-order valence-electron chi connectivity index (χ0n) is 39.7. The summed E-state index contributed by atoms with van der Waals surface area (Å²) in [4.78, 5) is 2.64. The minimum atomic E-state index is -0.136. The Morgan fingerprint density at radius 3 is 1.46 bits per heavy atom. The Balaban J connectivity index is 1.30. The van der Waals surface area contributed by atoms with Gasteiger partial charge in [0.25, 0.3) is 0 Å². The van der Waals surface area contributed by atoms with E-state index in [9.17, 15) is 0 Å². The van der Waals surface area contributed by atoms with Crippen molar-refractivity contribution in [3.63, 3.8) is 0 Å². The maximum atomic E-state index is 2.57. The zero-order valence-corrected chi connectivity index (χ0v) is 41.3. The SMILES string of the molecule is CCCCCCC1(CCCCCC)c2ccccc2-c2c1c(=C(c1ccc3c(c1)c1ccccc1n3CC)c1cccs1)ccc2=C(c1ccc2c(c1)c1ccccc1n2CC)c1cccs1. The maximum Gasteiger partial charge on any atom is 0.0491 e. The Kier molecular flexibility index (Phi) is 12.1. The van der Waals surface area contributed by atoms with Crippen LogP contribution in [0, 0.1) is 0 Å².